The first kappa shape index (κ1) is 17.7. The molecule has 1 amide bonds. The third-order valence-electron chi connectivity index (χ3n) is 4.85. The van der Waals surface area contributed by atoms with E-state index in [2.05, 4.69) is 14.6 Å². The predicted octanol–water partition coefficient (Wildman–Crippen LogP) is 3.99. The van der Waals surface area contributed by atoms with Crippen LogP contribution in [0, 0.1) is 0 Å². The summed E-state index contributed by atoms with van der Waals surface area (Å²) in [5.74, 6) is 0.747. The lowest BCUT2D eigenvalue weighted by atomic mass is 10.0. The van der Waals surface area contributed by atoms with E-state index in [1.165, 1.54) is 18.0 Å². The van der Waals surface area contributed by atoms with Crippen molar-refractivity contribution < 1.29 is 4.79 Å². The lowest BCUT2D eigenvalue weighted by Crippen LogP contribution is -2.46. The third kappa shape index (κ3) is 4.17. The van der Waals surface area contributed by atoms with E-state index >= 15 is 0 Å². The van der Waals surface area contributed by atoms with E-state index in [0.29, 0.717) is 12.1 Å². The maximum Gasteiger partial charge on any atom is 0.251 e. The summed E-state index contributed by atoms with van der Waals surface area (Å²) in [6.45, 7) is 1.57. The van der Waals surface area contributed by atoms with E-state index in [4.69, 9.17) is 4.98 Å². The summed E-state index contributed by atoms with van der Waals surface area (Å²) >= 11 is 1.44. The zero-order valence-corrected chi connectivity index (χ0v) is 15.9. The van der Waals surface area contributed by atoms with Crippen LogP contribution in [0.2, 0.25) is 0 Å². The highest BCUT2D eigenvalue weighted by Crippen LogP contribution is 2.29. The highest BCUT2D eigenvalue weighted by atomic mass is 32.1. The summed E-state index contributed by atoms with van der Waals surface area (Å²) in [7, 11) is 0. The smallest absolute Gasteiger partial charge is 0.251 e. The molecule has 0 aliphatic carbocycles. The molecule has 1 fully saturated rings. The second-order valence-corrected chi connectivity index (χ2v) is 7.42. The van der Waals surface area contributed by atoms with Crippen LogP contribution < -0.4 is 10.2 Å². The van der Waals surface area contributed by atoms with Crippen LogP contribution in [-0.4, -0.2) is 34.4 Å². The Labute approximate surface area is 163 Å². The number of aromatic nitrogens is 2. The molecule has 1 unspecified atom stereocenters. The van der Waals surface area contributed by atoms with Crippen molar-refractivity contribution in [2.24, 2.45) is 0 Å². The van der Waals surface area contributed by atoms with Gasteiger partial charge in [-0.2, -0.15) is 9.36 Å². The van der Waals surface area contributed by atoms with Gasteiger partial charge in [-0.15, -0.1) is 0 Å². The molecule has 1 saturated heterocycles. The van der Waals surface area contributed by atoms with Gasteiger partial charge in [0.15, 0.2) is 5.82 Å². The molecular formula is C21H22N4OS. The van der Waals surface area contributed by atoms with Crippen LogP contribution in [0.25, 0.3) is 11.4 Å². The lowest BCUT2D eigenvalue weighted by Gasteiger charge is -2.35. The third-order valence-corrected chi connectivity index (χ3v) is 5.61. The molecule has 5 nitrogen and oxygen atoms in total. The normalized spacial score (nSPS) is 16.9. The van der Waals surface area contributed by atoms with Gasteiger partial charge in [0, 0.05) is 41.8 Å². The molecule has 2 aromatic carbocycles. The average Bonchev–Trinajstić information content (AvgIpc) is 3.23. The van der Waals surface area contributed by atoms with Crippen molar-refractivity contribution in [3.8, 4) is 11.4 Å². The van der Waals surface area contributed by atoms with Gasteiger partial charge < -0.3 is 10.2 Å². The van der Waals surface area contributed by atoms with Crippen LogP contribution >= 0.6 is 11.5 Å². The second kappa shape index (κ2) is 8.31. The molecule has 1 aliphatic heterocycles. The minimum Gasteiger partial charge on any atom is -0.350 e. The predicted molar refractivity (Wildman–Crippen MR) is 109 cm³/mol. The number of amides is 1. The quantitative estimate of drug-likeness (QED) is 0.729. The molecule has 1 atom stereocenters. The Morgan fingerprint density at radius 3 is 2.59 bits per heavy atom. The highest BCUT2D eigenvalue weighted by molar-refractivity contribution is 7.09. The maximum atomic E-state index is 12.4. The summed E-state index contributed by atoms with van der Waals surface area (Å²) in [6.07, 6.45) is 3.37. The Kier molecular flexibility index (Phi) is 5.44. The van der Waals surface area contributed by atoms with E-state index in [-0.39, 0.29) is 11.9 Å². The maximum absolute atomic E-state index is 12.4. The first-order valence-electron chi connectivity index (χ1n) is 9.30. The van der Waals surface area contributed by atoms with E-state index in [1.807, 2.05) is 60.7 Å². The summed E-state index contributed by atoms with van der Waals surface area (Å²) in [5.41, 5.74) is 1.73. The summed E-state index contributed by atoms with van der Waals surface area (Å²) < 4.78 is 4.54. The van der Waals surface area contributed by atoms with Gasteiger partial charge in [-0.25, -0.2) is 0 Å². The Bertz CT molecular complexity index is 881. The highest BCUT2D eigenvalue weighted by Gasteiger charge is 2.26. The van der Waals surface area contributed by atoms with Crippen molar-refractivity contribution in [2.45, 2.75) is 25.3 Å². The SMILES string of the molecule is O=C(NCC1CCCCN1c1nc(-c2ccccc2)ns1)c1ccccc1. The lowest BCUT2D eigenvalue weighted by molar-refractivity contribution is 0.0949. The Balaban J connectivity index is 1.45. The number of nitrogens with zero attached hydrogens (tertiary/aromatic N) is 3. The second-order valence-electron chi connectivity index (χ2n) is 6.69. The molecule has 2 heterocycles. The van der Waals surface area contributed by atoms with E-state index in [0.717, 1.165) is 35.9 Å². The largest absolute Gasteiger partial charge is 0.350 e. The van der Waals surface area contributed by atoms with Gasteiger partial charge in [-0.1, -0.05) is 48.5 Å². The molecule has 27 heavy (non-hydrogen) atoms. The standard InChI is InChI=1S/C21H22N4OS/c26-20(17-11-5-2-6-12-17)22-15-18-13-7-8-14-25(18)21-23-19(24-27-21)16-9-3-1-4-10-16/h1-6,9-12,18H,7-8,13-15H2,(H,22,26). The van der Waals surface area contributed by atoms with Crippen molar-refractivity contribution in [3.63, 3.8) is 0 Å². The van der Waals surface area contributed by atoms with Gasteiger partial charge in [0.05, 0.1) is 0 Å². The van der Waals surface area contributed by atoms with E-state index in [1.54, 1.807) is 0 Å². The minimum atomic E-state index is -0.0247. The molecule has 4 rings (SSSR count). The number of hydrogen-bond donors (Lipinski definition) is 1. The van der Waals surface area contributed by atoms with Gasteiger partial charge in [0.25, 0.3) is 5.91 Å². The van der Waals surface area contributed by atoms with Gasteiger partial charge in [-0.05, 0) is 31.4 Å². The van der Waals surface area contributed by atoms with Crippen molar-refractivity contribution in [1.29, 1.82) is 0 Å². The first-order chi connectivity index (χ1) is 13.3. The molecule has 0 saturated carbocycles. The first-order valence-corrected chi connectivity index (χ1v) is 10.1. The number of carbonyl (C=O) groups excluding carboxylic acids is 1. The van der Waals surface area contributed by atoms with Gasteiger partial charge >= 0.3 is 0 Å². The van der Waals surface area contributed by atoms with Crippen molar-refractivity contribution in [1.82, 2.24) is 14.7 Å². The molecule has 0 radical (unpaired) electrons. The van der Waals surface area contributed by atoms with Crippen LogP contribution in [-0.2, 0) is 0 Å². The van der Waals surface area contributed by atoms with E-state index < -0.39 is 0 Å². The number of rotatable bonds is 5. The van der Waals surface area contributed by atoms with Crippen LogP contribution in [0.15, 0.2) is 60.7 Å². The summed E-state index contributed by atoms with van der Waals surface area (Å²) in [6, 6.07) is 19.7. The number of anilines is 1. The van der Waals surface area contributed by atoms with Gasteiger partial charge in [0.2, 0.25) is 5.13 Å². The molecular weight excluding hydrogens is 356 g/mol. The number of hydrogen-bond acceptors (Lipinski definition) is 5. The summed E-state index contributed by atoms with van der Waals surface area (Å²) in [5, 5.41) is 4.02. The number of piperidine rings is 1. The monoisotopic (exact) mass is 378 g/mol. The minimum absolute atomic E-state index is 0.0247. The molecule has 6 heteroatoms. The molecule has 0 bridgehead atoms. The van der Waals surface area contributed by atoms with Crippen LogP contribution in [0.5, 0.6) is 0 Å². The van der Waals surface area contributed by atoms with Gasteiger partial charge in [-0.3, -0.25) is 4.79 Å². The topological polar surface area (TPSA) is 58.1 Å². The zero-order valence-electron chi connectivity index (χ0n) is 15.0. The molecule has 1 N–H and O–H groups in total. The number of carbonyl (C=O) groups is 1. The molecule has 0 spiro atoms. The molecule has 1 aromatic heterocycles. The fourth-order valence-corrected chi connectivity index (χ4v) is 4.19. The molecule has 3 aromatic rings. The fraction of sp³-hybridized carbons (Fsp3) is 0.286. The van der Waals surface area contributed by atoms with Crippen molar-refractivity contribution in [2.75, 3.05) is 18.0 Å². The number of benzene rings is 2. The van der Waals surface area contributed by atoms with Crippen LogP contribution in [0.4, 0.5) is 5.13 Å². The fourth-order valence-electron chi connectivity index (χ4n) is 3.40. The zero-order chi connectivity index (χ0) is 18.5. The average molecular weight is 379 g/mol. The Hall–Kier alpha value is -2.73. The van der Waals surface area contributed by atoms with Crippen molar-refractivity contribution in [3.05, 3.63) is 66.2 Å². The van der Waals surface area contributed by atoms with Crippen molar-refractivity contribution >= 4 is 22.6 Å². The number of nitrogens with one attached hydrogen (secondary N) is 1. The summed E-state index contributed by atoms with van der Waals surface area (Å²) in [4.78, 5) is 19.4. The van der Waals surface area contributed by atoms with Crippen LogP contribution in [0.3, 0.4) is 0 Å². The Morgan fingerprint density at radius 2 is 1.81 bits per heavy atom. The molecule has 1 aliphatic rings. The van der Waals surface area contributed by atoms with E-state index in [9.17, 15) is 4.79 Å². The Morgan fingerprint density at radius 1 is 1.07 bits per heavy atom. The molecule has 138 valence electrons. The van der Waals surface area contributed by atoms with Crippen LogP contribution in [0.1, 0.15) is 29.6 Å². The van der Waals surface area contributed by atoms with Gasteiger partial charge in [0.1, 0.15) is 0 Å².